The van der Waals surface area contributed by atoms with Gasteiger partial charge in [-0.1, -0.05) is 0 Å². The zero-order valence-corrected chi connectivity index (χ0v) is 12.4. The molecule has 0 aromatic heterocycles. The van der Waals surface area contributed by atoms with Crippen molar-refractivity contribution in [1.82, 2.24) is 0 Å². The summed E-state index contributed by atoms with van der Waals surface area (Å²) in [6.45, 7) is 0. The summed E-state index contributed by atoms with van der Waals surface area (Å²) in [7, 11) is 0. The van der Waals surface area contributed by atoms with Gasteiger partial charge in [-0.2, -0.15) is 61.5 Å². The Kier molecular flexibility index (Phi) is 6.76. The maximum absolute atomic E-state index is 12.3. The normalized spacial score (nSPS) is 15.7. The molecule has 0 aromatic carbocycles. The maximum Gasteiger partial charge on any atom is 1.00 e. The fourth-order valence-electron chi connectivity index (χ4n) is 0.750. The fourth-order valence-corrected chi connectivity index (χ4v) is 0.750. The minimum absolute atomic E-state index is 0. The second-order valence-corrected chi connectivity index (χ2v) is 3.29. The number of halogens is 14. The Morgan fingerprint density at radius 3 is 0.571 bits per heavy atom. The Bertz CT molecular complexity index is 331. The van der Waals surface area contributed by atoms with Crippen molar-refractivity contribution in [3.05, 3.63) is 0 Å². The standard InChI is InChI=1S/C6F14.K.H/c7-1(8,3(11,12)5(15,16)17)2(9,10)4(13,14)6(18,19)20;;/q;+1;-1. The van der Waals surface area contributed by atoms with Crippen molar-refractivity contribution >= 4 is 0 Å². The van der Waals surface area contributed by atoms with E-state index in [9.17, 15) is 61.5 Å². The molecular weight excluding hydrogens is 377 g/mol. The molecule has 0 heterocycles. The molecule has 0 saturated heterocycles. The van der Waals surface area contributed by atoms with Gasteiger partial charge in [0, 0.05) is 0 Å². The van der Waals surface area contributed by atoms with Crippen LogP contribution in [0.25, 0.3) is 0 Å². The van der Waals surface area contributed by atoms with Crippen molar-refractivity contribution < 1.29 is 114 Å². The first-order chi connectivity index (χ1) is 8.25. The van der Waals surface area contributed by atoms with Crippen molar-refractivity contribution in [1.29, 1.82) is 0 Å². The summed E-state index contributed by atoms with van der Waals surface area (Å²) < 4.78 is 166. The Morgan fingerprint density at radius 2 is 0.476 bits per heavy atom. The second kappa shape index (κ2) is 5.94. The van der Waals surface area contributed by atoms with E-state index < -0.39 is 36.0 Å². The van der Waals surface area contributed by atoms with Gasteiger partial charge in [0.2, 0.25) is 0 Å². The van der Waals surface area contributed by atoms with E-state index >= 15 is 0 Å². The minimum Gasteiger partial charge on any atom is -1.00 e. The van der Waals surface area contributed by atoms with Crippen LogP contribution in [0, 0.1) is 0 Å². The molecule has 124 valence electrons. The molecule has 0 N–H and O–H groups in total. The van der Waals surface area contributed by atoms with Crippen LogP contribution < -0.4 is 51.4 Å². The monoisotopic (exact) mass is 378 g/mol. The quantitative estimate of drug-likeness (QED) is 0.519. The molecule has 0 aliphatic carbocycles. The van der Waals surface area contributed by atoms with E-state index in [1.54, 1.807) is 0 Å². The van der Waals surface area contributed by atoms with Crippen molar-refractivity contribution in [2.75, 3.05) is 0 Å². The third-order valence-electron chi connectivity index (χ3n) is 1.90. The molecule has 0 atom stereocenters. The smallest absolute Gasteiger partial charge is 1.00 e. The van der Waals surface area contributed by atoms with E-state index in [4.69, 9.17) is 0 Å². The first-order valence-corrected chi connectivity index (χ1v) is 3.90. The summed E-state index contributed by atoms with van der Waals surface area (Å²) in [6, 6.07) is 0. The number of rotatable bonds is 3. The van der Waals surface area contributed by atoms with Crippen LogP contribution in [0.2, 0.25) is 0 Å². The first kappa shape index (κ1) is 23.9. The zero-order valence-electron chi connectivity index (χ0n) is 10.3. The van der Waals surface area contributed by atoms with E-state index in [1.807, 2.05) is 0 Å². The molecule has 0 rings (SSSR count). The van der Waals surface area contributed by atoms with Gasteiger partial charge in [-0.25, -0.2) is 0 Å². The maximum atomic E-state index is 12.3. The third kappa shape index (κ3) is 3.45. The van der Waals surface area contributed by atoms with E-state index in [2.05, 4.69) is 0 Å². The summed E-state index contributed by atoms with van der Waals surface area (Å²) in [5.41, 5.74) is 0. The van der Waals surface area contributed by atoms with Gasteiger partial charge >= 0.3 is 87.4 Å². The summed E-state index contributed by atoms with van der Waals surface area (Å²) >= 11 is 0. The Balaban J connectivity index is -0.00000180. The van der Waals surface area contributed by atoms with Crippen LogP contribution in [-0.4, -0.2) is 36.0 Å². The average molecular weight is 378 g/mol. The topological polar surface area (TPSA) is 0 Å². The molecule has 0 saturated carbocycles. The van der Waals surface area contributed by atoms with Gasteiger partial charge in [0.1, 0.15) is 0 Å². The minimum atomic E-state index is -8.04. The summed E-state index contributed by atoms with van der Waals surface area (Å²) in [5, 5.41) is 0. The second-order valence-electron chi connectivity index (χ2n) is 3.29. The van der Waals surface area contributed by atoms with Gasteiger partial charge in [-0.3, -0.25) is 0 Å². The van der Waals surface area contributed by atoms with Crippen LogP contribution in [0.4, 0.5) is 61.5 Å². The van der Waals surface area contributed by atoms with Gasteiger partial charge in [-0.05, 0) is 0 Å². The van der Waals surface area contributed by atoms with Crippen LogP contribution in [0.5, 0.6) is 0 Å². The Morgan fingerprint density at radius 1 is 0.333 bits per heavy atom. The summed E-state index contributed by atoms with van der Waals surface area (Å²) in [4.78, 5) is 0. The molecule has 21 heavy (non-hydrogen) atoms. The molecule has 0 aliphatic rings. The Hall–Kier alpha value is 0.656. The summed E-state index contributed by atoms with van der Waals surface area (Å²) in [5.74, 6) is -31.7. The summed E-state index contributed by atoms with van der Waals surface area (Å²) in [6.07, 6.45) is -15.0. The van der Waals surface area contributed by atoms with E-state index in [-0.39, 0.29) is 52.8 Å². The molecular formula is C6HF14K. The predicted octanol–water partition coefficient (Wildman–Crippen LogP) is 1.77. The number of alkyl halides is 14. The van der Waals surface area contributed by atoms with Gasteiger partial charge in [0.25, 0.3) is 0 Å². The third-order valence-corrected chi connectivity index (χ3v) is 1.90. The first-order valence-electron chi connectivity index (χ1n) is 3.90. The largest absolute Gasteiger partial charge is 1.00 e. The van der Waals surface area contributed by atoms with Crippen molar-refractivity contribution in [2.24, 2.45) is 0 Å². The van der Waals surface area contributed by atoms with Crippen LogP contribution >= 0.6 is 0 Å². The van der Waals surface area contributed by atoms with Crippen molar-refractivity contribution in [3.63, 3.8) is 0 Å². The van der Waals surface area contributed by atoms with Gasteiger partial charge in [0.15, 0.2) is 0 Å². The molecule has 0 bridgehead atoms. The van der Waals surface area contributed by atoms with Crippen LogP contribution in [-0.2, 0) is 0 Å². The number of hydrogen-bond acceptors (Lipinski definition) is 0. The molecule has 15 heteroatoms. The van der Waals surface area contributed by atoms with Gasteiger partial charge in [-0.15, -0.1) is 0 Å². The molecule has 0 aliphatic heterocycles. The number of hydrogen-bond donors (Lipinski definition) is 0. The molecule has 0 spiro atoms. The van der Waals surface area contributed by atoms with Crippen LogP contribution in [0.1, 0.15) is 1.43 Å². The average Bonchev–Trinajstić information content (AvgIpc) is 2.12. The van der Waals surface area contributed by atoms with E-state index in [0.717, 1.165) is 0 Å². The zero-order chi connectivity index (χ0) is 17.0. The molecule has 0 amide bonds. The van der Waals surface area contributed by atoms with Gasteiger partial charge in [0.05, 0.1) is 0 Å². The molecule has 0 nitrogen and oxygen atoms in total. The van der Waals surface area contributed by atoms with Crippen molar-refractivity contribution in [2.45, 2.75) is 36.0 Å². The van der Waals surface area contributed by atoms with Crippen LogP contribution in [0.15, 0.2) is 0 Å². The van der Waals surface area contributed by atoms with E-state index in [1.165, 1.54) is 0 Å². The van der Waals surface area contributed by atoms with Crippen molar-refractivity contribution in [3.8, 4) is 0 Å². The molecule has 0 radical (unpaired) electrons. The fraction of sp³-hybridized carbons (Fsp3) is 1.00. The molecule has 0 fully saturated rings. The molecule has 0 unspecified atom stereocenters. The molecule has 0 aromatic rings. The van der Waals surface area contributed by atoms with E-state index in [0.29, 0.717) is 0 Å². The van der Waals surface area contributed by atoms with Crippen LogP contribution in [0.3, 0.4) is 0 Å². The predicted molar refractivity (Wildman–Crippen MR) is 33.0 cm³/mol. The Labute approximate surface area is 149 Å². The van der Waals surface area contributed by atoms with Gasteiger partial charge < -0.3 is 1.43 Å². The SMILES string of the molecule is FC(F)(F)C(F)(F)C(F)(F)C(F)(F)C(F)(F)C(F)(F)F.[H-].[K+].